The summed E-state index contributed by atoms with van der Waals surface area (Å²) in [6, 6.07) is 15.6. The van der Waals surface area contributed by atoms with Gasteiger partial charge >= 0.3 is 6.09 Å². The molecule has 132 valence electrons. The number of amides is 1. The van der Waals surface area contributed by atoms with Crippen molar-refractivity contribution in [3.05, 3.63) is 81.1 Å². The highest BCUT2D eigenvalue weighted by molar-refractivity contribution is 5.81. The van der Waals surface area contributed by atoms with Crippen LogP contribution in [0.3, 0.4) is 0 Å². The summed E-state index contributed by atoms with van der Waals surface area (Å²) in [5.74, 6) is 0. The van der Waals surface area contributed by atoms with Crippen molar-refractivity contribution in [3.8, 4) is 0 Å². The quantitative estimate of drug-likeness (QED) is 0.771. The number of rotatable bonds is 2. The van der Waals surface area contributed by atoms with Crippen LogP contribution < -0.4 is 5.56 Å². The Morgan fingerprint density at radius 3 is 2.77 bits per heavy atom. The van der Waals surface area contributed by atoms with E-state index in [-0.39, 0.29) is 18.3 Å². The monoisotopic (exact) mass is 348 g/mol. The van der Waals surface area contributed by atoms with Gasteiger partial charge < -0.3 is 14.6 Å². The maximum atomic E-state index is 12.4. The van der Waals surface area contributed by atoms with Gasteiger partial charge in [-0.2, -0.15) is 0 Å². The zero-order valence-corrected chi connectivity index (χ0v) is 14.6. The normalized spacial score (nSPS) is 13.5. The third-order valence-electron chi connectivity index (χ3n) is 4.83. The van der Waals surface area contributed by atoms with Gasteiger partial charge in [0.05, 0.1) is 0 Å². The van der Waals surface area contributed by atoms with Crippen molar-refractivity contribution in [2.24, 2.45) is 0 Å². The summed E-state index contributed by atoms with van der Waals surface area (Å²) in [6.45, 7) is 3.21. The van der Waals surface area contributed by atoms with E-state index in [0.29, 0.717) is 18.7 Å². The predicted octanol–water partition coefficient (Wildman–Crippen LogP) is 3.53. The van der Waals surface area contributed by atoms with E-state index >= 15 is 0 Å². The molecule has 5 nitrogen and oxygen atoms in total. The molecule has 0 saturated carbocycles. The summed E-state index contributed by atoms with van der Waals surface area (Å²) in [5.41, 5.74) is 4.68. The molecule has 5 heteroatoms. The van der Waals surface area contributed by atoms with Gasteiger partial charge in [-0.15, -0.1) is 0 Å². The van der Waals surface area contributed by atoms with E-state index in [9.17, 15) is 9.59 Å². The minimum absolute atomic E-state index is 0.0765. The lowest BCUT2D eigenvalue weighted by molar-refractivity contribution is 0.0919. The third kappa shape index (κ3) is 3.20. The molecule has 26 heavy (non-hydrogen) atoms. The molecule has 1 aliphatic rings. The van der Waals surface area contributed by atoms with E-state index in [4.69, 9.17) is 4.74 Å². The second-order valence-electron chi connectivity index (χ2n) is 6.70. The van der Waals surface area contributed by atoms with Crippen LogP contribution in [0.25, 0.3) is 10.9 Å². The van der Waals surface area contributed by atoms with Crippen molar-refractivity contribution in [1.82, 2.24) is 9.88 Å². The van der Waals surface area contributed by atoms with Crippen LogP contribution in [0.5, 0.6) is 0 Å². The van der Waals surface area contributed by atoms with Gasteiger partial charge in [-0.1, -0.05) is 30.3 Å². The number of pyridine rings is 1. The molecular formula is C21H20N2O3. The molecule has 1 aromatic heterocycles. The highest BCUT2D eigenvalue weighted by Crippen LogP contribution is 2.24. The number of carbonyl (C=O) groups is 1. The zero-order chi connectivity index (χ0) is 18.1. The van der Waals surface area contributed by atoms with Crippen molar-refractivity contribution in [2.75, 3.05) is 6.54 Å². The van der Waals surface area contributed by atoms with E-state index in [2.05, 4.69) is 11.1 Å². The van der Waals surface area contributed by atoms with Gasteiger partial charge in [0.1, 0.15) is 6.61 Å². The number of aromatic nitrogens is 1. The number of hydrogen-bond acceptors (Lipinski definition) is 3. The lowest BCUT2D eigenvalue weighted by Gasteiger charge is -2.28. The summed E-state index contributed by atoms with van der Waals surface area (Å²) >= 11 is 0. The highest BCUT2D eigenvalue weighted by Gasteiger charge is 2.22. The maximum absolute atomic E-state index is 12.4. The number of aryl methyl sites for hydroxylation is 1. The SMILES string of the molecule is Cc1cc2cc3c(cc2[nH]c1=O)CN(C(=O)OCc1ccccc1)CC3. The third-order valence-corrected chi connectivity index (χ3v) is 4.83. The number of nitrogens with zero attached hydrogens (tertiary/aromatic N) is 1. The van der Waals surface area contributed by atoms with Crippen LogP contribution in [0.2, 0.25) is 0 Å². The summed E-state index contributed by atoms with van der Waals surface area (Å²) in [5, 5.41) is 1.03. The van der Waals surface area contributed by atoms with Gasteiger partial charge in [0.25, 0.3) is 5.56 Å². The molecule has 0 saturated heterocycles. The van der Waals surface area contributed by atoms with E-state index in [1.807, 2.05) is 49.4 Å². The molecule has 2 heterocycles. The highest BCUT2D eigenvalue weighted by atomic mass is 16.6. The summed E-state index contributed by atoms with van der Waals surface area (Å²) in [6.07, 6.45) is 0.473. The van der Waals surface area contributed by atoms with Crippen LogP contribution in [0.1, 0.15) is 22.3 Å². The number of aromatic amines is 1. The summed E-state index contributed by atoms with van der Waals surface area (Å²) < 4.78 is 5.43. The molecule has 1 N–H and O–H groups in total. The Labute approximate surface area is 151 Å². The number of benzene rings is 2. The molecule has 0 atom stereocenters. The molecular weight excluding hydrogens is 328 g/mol. The first kappa shape index (κ1) is 16.4. The van der Waals surface area contributed by atoms with E-state index < -0.39 is 0 Å². The lowest BCUT2D eigenvalue weighted by Crippen LogP contribution is -2.36. The van der Waals surface area contributed by atoms with E-state index in [0.717, 1.165) is 28.5 Å². The fourth-order valence-electron chi connectivity index (χ4n) is 3.34. The van der Waals surface area contributed by atoms with Gasteiger partial charge in [0.2, 0.25) is 0 Å². The fraction of sp³-hybridized carbons (Fsp3) is 0.238. The number of ether oxygens (including phenoxy) is 1. The molecule has 0 radical (unpaired) electrons. The molecule has 4 rings (SSSR count). The van der Waals surface area contributed by atoms with Crippen LogP contribution in [0.4, 0.5) is 4.79 Å². The van der Waals surface area contributed by atoms with Crippen molar-refractivity contribution in [3.63, 3.8) is 0 Å². The predicted molar refractivity (Wildman–Crippen MR) is 100 cm³/mol. The van der Waals surface area contributed by atoms with Crippen LogP contribution in [-0.4, -0.2) is 22.5 Å². The van der Waals surface area contributed by atoms with Gasteiger partial charge in [-0.05, 0) is 53.6 Å². The smallest absolute Gasteiger partial charge is 0.410 e. The Balaban J connectivity index is 1.51. The molecule has 0 unspecified atom stereocenters. The summed E-state index contributed by atoms with van der Waals surface area (Å²) in [4.78, 5) is 28.9. The number of H-pyrrole nitrogens is 1. The molecule has 1 aliphatic heterocycles. The average molecular weight is 348 g/mol. The minimum Gasteiger partial charge on any atom is -0.445 e. The van der Waals surface area contributed by atoms with Crippen molar-refractivity contribution >= 4 is 17.0 Å². The molecule has 3 aromatic rings. The van der Waals surface area contributed by atoms with Crippen LogP contribution in [0, 0.1) is 6.92 Å². The lowest BCUT2D eigenvalue weighted by atomic mass is 9.97. The Morgan fingerprint density at radius 1 is 1.15 bits per heavy atom. The first-order chi connectivity index (χ1) is 12.6. The fourth-order valence-corrected chi connectivity index (χ4v) is 3.34. The molecule has 0 spiro atoms. The van der Waals surface area contributed by atoms with Gasteiger partial charge in [-0.3, -0.25) is 4.79 Å². The van der Waals surface area contributed by atoms with Crippen molar-refractivity contribution in [2.45, 2.75) is 26.5 Å². The molecule has 0 bridgehead atoms. The van der Waals surface area contributed by atoms with Crippen LogP contribution in [0.15, 0.2) is 53.3 Å². The first-order valence-electron chi connectivity index (χ1n) is 8.71. The number of nitrogens with one attached hydrogen (secondary N) is 1. The standard InChI is InChI=1S/C21H20N2O3/c1-14-9-17-10-16-7-8-23(12-18(16)11-19(17)22-20(14)24)21(25)26-13-15-5-3-2-4-6-15/h2-6,9-11H,7-8,12-13H2,1H3,(H,22,24). The Kier molecular flexibility index (Phi) is 4.21. The van der Waals surface area contributed by atoms with Gasteiger partial charge in [0, 0.05) is 24.2 Å². The minimum atomic E-state index is -0.308. The summed E-state index contributed by atoms with van der Waals surface area (Å²) in [7, 11) is 0. The topological polar surface area (TPSA) is 62.4 Å². The van der Waals surface area contributed by atoms with Gasteiger partial charge in [0.15, 0.2) is 0 Å². The second kappa shape index (κ2) is 6.67. The molecule has 1 amide bonds. The van der Waals surface area contributed by atoms with Gasteiger partial charge in [-0.25, -0.2) is 4.79 Å². The van der Waals surface area contributed by atoms with E-state index in [1.54, 1.807) is 4.90 Å². The maximum Gasteiger partial charge on any atom is 0.410 e. The number of hydrogen-bond donors (Lipinski definition) is 1. The van der Waals surface area contributed by atoms with E-state index in [1.165, 1.54) is 5.56 Å². The van der Waals surface area contributed by atoms with Crippen molar-refractivity contribution < 1.29 is 9.53 Å². The van der Waals surface area contributed by atoms with Crippen LogP contribution in [-0.2, 0) is 24.3 Å². The van der Waals surface area contributed by atoms with Crippen LogP contribution >= 0.6 is 0 Å². The molecule has 0 fully saturated rings. The number of carbonyl (C=O) groups excluding carboxylic acids is 1. The second-order valence-corrected chi connectivity index (χ2v) is 6.70. The first-order valence-corrected chi connectivity index (χ1v) is 8.71. The Bertz CT molecular complexity index is 1020. The molecule has 2 aromatic carbocycles. The van der Waals surface area contributed by atoms with Crippen molar-refractivity contribution in [1.29, 1.82) is 0 Å². The largest absolute Gasteiger partial charge is 0.445 e. The number of fused-ring (bicyclic) bond motifs is 2. The zero-order valence-electron chi connectivity index (χ0n) is 14.6. The molecule has 0 aliphatic carbocycles. The Morgan fingerprint density at radius 2 is 1.96 bits per heavy atom. The Hall–Kier alpha value is -3.08. The average Bonchev–Trinajstić information content (AvgIpc) is 2.66.